The molecule has 0 amide bonds. The van der Waals surface area contributed by atoms with Crippen molar-refractivity contribution in [3.05, 3.63) is 15.9 Å². The summed E-state index contributed by atoms with van der Waals surface area (Å²) in [5.41, 5.74) is 2.45. The van der Waals surface area contributed by atoms with Crippen LogP contribution < -0.4 is 5.32 Å². The van der Waals surface area contributed by atoms with Crippen molar-refractivity contribution in [1.29, 1.82) is 0 Å². The molecule has 1 heterocycles. The fourth-order valence-corrected chi connectivity index (χ4v) is 2.38. The Hall–Kier alpha value is -0.350. The topological polar surface area (TPSA) is 29.9 Å². The number of nitrogens with one attached hydrogen (secondary N) is 1. The van der Waals surface area contributed by atoms with Gasteiger partial charge in [-0.15, -0.1) is 0 Å². The van der Waals surface area contributed by atoms with Crippen LogP contribution in [0.15, 0.2) is 4.47 Å². The lowest BCUT2D eigenvalue weighted by Gasteiger charge is -2.26. The van der Waals surface area contributed by atoms with Crippen molar-refractivity contribution in [1.82, 2.24) is 15.1 Å². The van der Waals surface area contributed by atoms with Crippen molar-refractivity contribution in [2.24, 2.45) is 7.05 Å². The van der Waals surface area contributed by atoms with Crippen LogP contribution >= 0.6 is 15.9 Å². The molecule has 0 bridgehead atoms. The van der Waals surface area contributed by atoms with Gasteiger partial charge >= 0.3 is 0 Å². The van der Waals surface area contributed by atoms with Crippen molar-refractivity contribution >= 4 is 15.9 Å². The molecule has 0 saturated heterocycles. The third-order valence-corrected chi connectivity index (χ3v) is 3.90. The molecule has 1 aromatic rings. The van der Waals surface area contributed by atoms with Crippen molar-refractivity contribution < 1.29 is 0 Å². The maximum Gasteiger partial charge on any atom is 0.0739 e. The van der Waals surface area contributed by atoms with Gasteiger partial charge in [0.25, 0.3) is 0 Å². The molecule has 3 nitrogen and oxygen atoms in total. The maximum atomic E-state index is 4.39. The molecule has 1 rings (SSSR count). The van der Waals surface area contributed by atoms with Gasteiger partial charge in [-0.25, -0.2) is 0 Å². The first-order valence-corrected chi connectivity index (χ1v) is 6.59. The van der Waals surface area contributed by atoms with Gasteiger partial charge in [-0.3, -0.25) is 4.68 Å². The summed E-state index contributed by atoms with van der Waals surface area (Å²) in [5.74, 6) is 0. The average molecular weight is 288 g/mol. The molecule has 0 radical (unpaired) electrons. The minimum atomic E-state index is 0.187. The Kier molecular flexibility index (Phi) is 4.56. The second-order valence-corrected chi connectivity index (χ2v) is 5.75. The van der Waals surface area contributed by atoms with Crippen LogP contribution in [0.25, 0.3) is 0 Å². The van der Waals surface area contributed by atoms with E-state index < -0.39 is 0 Å². The van der Waals surface area contributed by atoms with Crippen LogP contribution in [0.2, 0.25) is 0 Å². The van der Waals surface area contributed by atoms with Gasteiger partial charge in [0.1, 0.15) is 0 Å². The number of halogens is 1. The van der Waals surface area contributed by atoms with E-state index in [2.05, 4.69) is 47.1 Å². The molecule has 0 spiro atoms. The Morgan fingerprint density at radius 2 is 2.06 bits per heavy atom. The van der Waals surface area contributed by atoms with E-state index in [9.17, 15) is 0 Å². The summed E-state index contributed by atoms with van der Waals surface area (Å²) in [4.78, 5) is 0. The van der Waals surface area contributed by atoms with Gasteiger partial charge in [0, 0.05) is 19.1 Å². The maximum absolute atomic E-state index is 4.39. The Balaban J connectivity index is 2.67. The second kappa shape index (κ2) is 5.32. The molecule has 1 N–H and O–H groups in total. The molecule has 0 aliphatic rings. The zero-order valence-electron chi connectivity index (χ0n) is 10.9. The SMILES string of the molecule is CCCC(C)(C)NCc1c(Br)c(C)nn1C. The average Bonchev–Trinajstić information content (AvgIpc) is 2.39. The summed E-state index contributed by atoms with van der Waals surface area (Å²) >= 11 is 3.58. The summed E-state index contributed by atoms with van der Waals surface area (Å²) in [7, 11) is 1.99. The molecule has 0 aliphatic carbocycles. The first-order chi connectivity index (χ1) is 7.37. The number of rotatable bonds is 5. The highest BCUT2D eigenvalue weighted by Crippen LogP contribution is 2.21. The van der Waals surface area contributed by atoms with Gasteiger partial charge in [-0.2, -0.15) is 5.10 Å². The van der Waals surface area contributed by atoms with Crippen molar-refractivity contribution in [2.75, 3.05) is 0 Å². The van der Waals surface area contributed by atoms with E-state index in [0.717, 1.165) is 16.7 Å². The number of aromatic nitrogens is 2. The molecule has 0 saturated carbocycles. The van der Waals surface area contributed by atoms with Crippen molar-refractivity contribution in [3.63, 3.8) is 0 Å². The summed E-state index contributed by atoms with van der Waals surface area (Å²) in [6.07, 6.45) is 2.38. The standard InChI is InChI=1S/C12H22BrN3/c1-6-7-12(3,4)14-8-10-11(13)9(2)15-16(10)5/h14H,6-8H2,1-5H3. The van der Waals surface area contributed by atoms with Crippen LogP contribution in [-0.4, -0.2) is 15.3 Å². The second-order valence-electron chi connectivity index (χ2n) is 4.96. The highest BCUT2D eigenvalue weighted by atomic mass is 79.9. The van der Waals surface area contributed by atoms with E-state index in [1.807, 2.05) is 18.7 Å². The highest BCUT2D eigenvalue weighted by molar-refractivity contribution is 9.10. The fraction of sp³-hybridized carbons (Fsp3) is 0.750. The molecular formula is C12H22BrN3. The molecule has 0 fully saturated rings. The van der Waals surface area contributed by atoms with E-state index in [1.54, 1.807) is 0 Å². The molecule has 1 aromatic heterocycles. The number of hydrogen-bond donors (Lipinski definition) is 1. The van der Waals surface area contributed by atoms with E-state index in [-0.39, 0.29) is 5.54 Å². The van der Waals surface area contributed by atoms with Crippen LogP contribution in [0.1, 0.15) is 45.0 Å². The lowest BCUT2D eigenvalue weighted by atomic mass is 9.99. The minimum Gasteiger partial charge on any atom is -0.306 e. The summed E-state index contributed by atoms with van der Waals surface area (Å²) in [5, 5.41) is 7.97. The predicted molar refractivity (Wildman–Crippen MR) is 71.5 cm³/mol. The molecule has 0 unspecified atom stereocenters. The number of nitrogens with zero attached hydrogens (tertiary/aromatic N) is 2. The van der Waals surface area contributed by atoms with E-state index in [0.29, 0.717) is 0 Å². The normalized spacial score (nSPS) is 12.1. The lowest BCUT2D eigenvalue weighted by molar-refractivity contribution is 0.351. The molecule has 0 aromatic carbocycles. The van der Waals surface area contributed by atoms with Gasteiger partial charge in [-0.1, -0.05) is 13.3 Å². The fourth-order valence-electron chi connectivity index (χ4n) is 1.91. The number of aryl methyl sites for hydroxylation is 2. The van der Waals surface area contributed by atoms with Gasteiger partial charge in [-0.05, 0) is 43.1 Å². The molecule has 0 aliphatic heterocycles. The van der Waals surface area contributed by atoms with Gasteiger partial charge < -0.3 is 5.32 Å². The van der Waals surface area contributed by atoms with Crippen LogP contribution in [0.3, 0.4) is 0 Å². The summed E-state index contributed by atoms with van der Waals surface area (Å²) in [6, 6.07) is 0. The third-order valence-electron chi connectivity index (χ3n) is 2.87. The Morgan fingerprint density at radius 1 is 1.44 bits per heavy atom. The highest BCUT2D eigenvalue weighted by Gasteiger charge is 2.18. The monoisotopic (exact) mass is 287 g/mol. The zero-order valence-corrected chi connectivity index (χ0v) is 12.5. The van der Waals surface area contributed by atoms with Gasteiger partial charge in [0.15, 0.2) is 0 Å². The summed E-state index contributed by atoms with van der Waals surface area (Å²) in [6.45, 7) is 9.57. The van der Waals surface area contributed by atoms with Crippen molar-refractivity contribution in [3.8, 4) is 0 Å². The molecule has 92 valence electrons. The van der Waals surface area contributed by atoms with Gasteiger partial charge in [0.2, 0.25) is 0 Å². The van der Waals surface area contributed by atoms with Crippen LogP contribution in [0.4, 0.5) is 0 Å². The largest absolute Gasteiger partial charge is 0.306 e. The Labute approximate surface area is 107 Å². The number of hydrogen-bond acceptors (Lipinski definition) is 2. The summed E-state index contributed by atoms with van der Waals surface area (Å²) < 4.78 is 3.06. The van der Waals surface area contributed by atoms with E-state index in [4.69, 9.17) is 0 Å². The molecular weight excluding hydrogens is 266 g/mol. The van der Waals surface area contributed by atoms with Gasteiger partial charge in [0.05, 0.1) is 15.9 Å². The van der Waals surface area contributed by atoms with Crippen LogP contribution in [0, 0.1) is 6.92 Å². The quantitative estimate of drug-likeness (QED) is 0.902. The van der Waals surface area contributed by atoms with Crippen LogP contribution in [0.5, 0.6) is 0 Å². The lowest BCUT2D eigenvalue weighted by Crippen LogP contribution is -2.38. The van der Waals surface area contributed by atoms with Crippen LogP contribution in [-0.2, 0) is 13.6 Å². The smallest absolute Gasteiger partial charge is 0.0739 e. The third kappa shape index (κ3) is 3.32. The Morgan fingerprint density at radius 3 is 2.50 bits per heavy atom. The molecule has 16 heavy (non-hydrogen) atoms. The van der Waals surface area contributed by atoms with Crippen molar-refractivity contribution in [2.45, 2.75) is 52.6 Å². The van der Waals surface area contributed by atoms with E-state index >= 15 is 0 Å². The minimum absolute atomic E-state index is 0.187. The zero-order chi connectivity index (χ0) is 12.3. The predicted octanol–water partition coefficient (Wildman–Crippen LogP) is 3.16. The van der Waals surface area contributed by atoms with E-state index in [1.165, 1.54) is 18.5 Å². The molecule has 0 atom stereocenters. The molecule has 4 heteroatoms. The Bertz CT molecular complexity index is 355. The first kappa shape index (κ1) is 13.7. The first-order valence-electron chi connectivity index (χ1n) is 5.80.